The molecular formula is C20H17N5O5. The number of hydrogen-bond acceptors (Lipinski definition) is 6. The van der Waals surface area contributed by atoms with Gasteiger partial charge < -0.3 is 9.52 Å². The Labute approximate surface area is 171 Å². The Morgan fingerprint density at radius 3 is 2.40 bits per heavy atom. The molecule has 1 aliphatic rings. The quantitative estimate of drug-likeness (QED) is 0.282. The molecule has 10 heteroatoms. The molecule has 2 aromatic heterocycles. The molecule has 0 bridgehead atoms. The van der Waals surface area contributed by atoms with Crippen LogP contribution in [0.1, 0.15) is 5.76 Å². The molecule has 0 saturated heterocycles. The highest BCUT2D eigenvalue weighted by molar-refractivity contribution is 5.96. The van der Waals surface area contributed by atoms with E-state index in [4.69, 9.17) is 4.42 Å². The molecule has 0 radical (unpaired) electrons. The van der Waals surface area contributed by atoms with Crippen molar-refractivity contribution in [3.05, 3.63) is 82.9 Å². The Hall–Kier alpha value is -4.34. The average molecular weight is 407 g/mol. The zero-order chi connectivity index (χ0) is 21.5. The number of nitro groups is 1. The number of hydrazone groups is 1. The van der Waals surface area contributed by atoms with E-state index in [1.54, 1.807) is 24.3 Å². The molecular weight excluding hydrogens is 390 g/mol. The monoisotopic (exact) mass is 407 g/mol. The fraction of sp³-hybridized carbons (Fsp3) is 0.100. The molecule has 0 atom stereocenters. The van der Waals surface area contributed by atoms with Crippen LogP contribution in [0.2, 0.25) is 0 Å². The first-order chi connectivity index (χ1) is 14.4. The van der Waals surface area contributed by atoms with Gasteiger partial charge in [0.15, 0.2) is 12.4 Å². The van der Waals surface area contributed by atoms with Crippen LogP contribution in [0.25, 0.3) is 11.3 Å². The Morgan fingerprint density at radius 2 is 1.87 bits per heavy atom. The number of amides is 2. The Kier molecular flexibility index (Phi) is 6.28. The van der Waals surface area contributed by atoms with Crippen LogP contribution in [0, 0.1) is 10.1 Å². The molecule has 4 rings (SSSR count). The van der Waals surface area contributed by atoms with Gasteiger partial charge in [0.25, 0.3) is 5.69 Å². The van der Waals surface area contributed by atoms with Gasteiger partial charge in [-0.2, -0.15) is 5.10 Å². The lowest BCUT2D eigenvalue weighted by Crippen LogP contribution is -2.26. The third-order valence-electron chi connectivity index (χ3n) is 3.90. The summed E-state index contributed by atoms with van der Waals surface area (Å²) < 4.78 is 7.52. The van der Waals surface area contributed by atoms with E-state index >= 15 is 0 Å². The summed E-state index contributed by atoms with van der Waals surface area (Å²) >= 11 is 0. The van der Waals surface area contributed by atoms with Crippen LogP contribution in [0.15, 0.2) is 81.5 Å². The number of aromatic nitrogens is 1. The third-order valence-corrected chi connectivity index (χ3v) is 3.90. The maximum Gasteiger partial charge on any atom is 0.363 e. The first-order valence-electron chi connectivity index (χ1n) is 8.77. The van der Waals surface area contributed by atoms with Gasteiger partial charge in [0, 0.05) is 29.8 Å². The summed E-state index contributed by atoms with van der Waals surface area (Å²) in [6, 6.07) is 14.5. The van der Waals surface area contributed by atoms with E-state index in [0.29, 0.717) is 17.1 Å². The highest BCUT2D eigenvalue weighted by Gasteiger charge is 2.17. The molecule has 0 spiro atoms. The fourth-order valence-corrected chi connectivity index (χ4v) is 2.42. The third kappa shape index (κ3) is 5.35. The van der Waals surface area contributed by atoms with Crippen molar-refractivity contribution in [2.75, 3.05) is 6.54 Å². The van der Waals surface area contributed by atoms with Crippen LogP contribution in [0.5, 0.6) is 0 Å². The number of pyridine rings is 1. The number of nitro benzene ring substituents is 1. The first kappa shape index (κ1) is 20.4. The molecule has 10 nitrogen and oxygen atoms in total. The minimum absolute atomic E-state index is 0.0111. The van der Waals surface area contributed by atoms with E-state index in [0.717, 1.165) is 5.01 Å². The van der Waals surface area contributed by atoms with Crippen molar-refractivity contribution in [3.8, 4) is 11.3 Å². The summed E-state index contributed by atoms with van der Waals surface area (Å²) in [4.78, 5) is 24.6. The average Bonchev–Trinajstić information content (AvgIpc) is 3.33. The standard InChI is InChI=1S/C14H10N4O5.C6H8N/c19-13-8-17(14(20)16-13)15-7-11-5-6-12(23-11)9-1-3-10(4-2-9)18(21)22;1-7-5-3-2-4-6-7/h1-7H,8H2,(H,16,19,20);2-6H,1H3/q;+1/p-1/b15-7+;. The van der Waals surface area contributed by atoms with Crippen LogP contribution in [0.3, 0.4) is 0 Å². The van der Waals surface area contributed by atoms with E-state index in [1.165, 1.54) is 18.3 Å². The number of carbonyl (C=O) groups is 1. The van der Waals surface area contributed by atoms with E-state index in [1.807, 2.05) is 42.2 Å². The second-order valence-electron chi connectivity index (χ2n) is 6.14. The highest BCUT2D eigenvalue weighted by Crippen LogP contribution is 2.24. The molecule has 3 aromatic rings. The van der Waals surface area contributed by atoms with Gasteiger partial charge in [0.1, 0.15) is 18.6 Å². The molecule has 0 unspecified atom stereocenters. The molecule has 0 fully saturated rings. The summed E-state index contributed by atoms with van der Waals surface area (Å²) in [7, 11) is 2.00. The number of nitrogens with zero attached hydrogens (tertiary/aromatic N) is 5. The Morgan fingerprint density at radius 1 is 1.17 bits per heavy atom. The normalized spacial score (nSPS) is 13.2. The summed E-state index contributed by atoms with van der Waals surface area (Å²) in [6.07, 6.45) is 5.29. The summed E-state index contributed by atoms with van der Waals surface area (Å²) in [5, 5.41) is 26.3. The van der Waals surface area contributed by atoms with Crippen molar-refractivity contribution >= 4 is 23.8 Å². The maximum atomic E-state index is 11.3. The van der Waals surface area contributed by atoms with Crippen LogP contribution in [-0.4, -0.2) is 34.6 Å². The van der Waals surface area contributed by atoms with E-state index in [9.17, 15) is 20.0 Å². The SMILES string of the molecule is C[n+]1ccccc1.O=C1N=C([O-])CN1/N=C/c1ccc(-c2ccc([N+](=O)[O-])cc2)o1. The summed E-state index contributed by atoms with van der Waals surface area (Å²) in [6.45, 7) is -0.189. The largest absolute Gasteiger partial charge is 0.860 e. The lowest BCUT2D eigenvalue weighted by Gasteiger charge is -2.07. The van der Waals surface area contributed by atoms with E-state index < -0.39 is 16.9 Å². The molecule has 152 valence electrons. The van der Waals surface area contributed by atoms with Crippen molar-refractivity contribution in [1.29, 1.82) is 0 Å². The second kappa shape index (κ2) is 9.24. The molecule has 2 amide bonds. The van der Waals surface area contributed by atoms with Crippen molar-refractivity contribution in [3.63, 3.8) is 0 Å². The molecule has 1 aromatic carbocycles. The molecule has 0 aliphatic carbocycles. The smallest absolute Gasteiger partial charge is 0.363 e. The van der Waals surface area contributed by atoms with E-state index in [2.05, 4.69) is 10.1 Å². The number of aryl methyl sites for hydroxylation is 1. The molecule has 30 heavy (non-hydrogen) atoms. The second-order valence-corrected chi connectivity index (χ2v) is 6.14. The van der Waals surface area contributed by atoms with Gasteiger partial charge >= 0.3 is 6.03 Å². The number of carbonyl (C=O) groups excluding carboxylic acids is 1. The zero-order valence-corrected chi connectivity index (χ0v) is 15.9. The number of furan rings is 1. The minimum Gasteiger partial charge on any atom is -0.860 e. The van der Waals surface area contributed by atoms with Gasteiger partial charge in [-0.15, -0.1) is 0 Å². The zero-order valence-electron chi connectivity index (χ0n) is 15.9. The molecule has 0 saturated carbocycles. The maximum absolute atomic E-state index is 11.3. The number of non-ortho nitro benzene ring substituents is 1. The van der Waals surface area contributed by atoms with Crippen molar-refractivity contribution in [2.24, 2.45) is 17.1 Å². The predicted molar refractivity (Wildman–Crippen MR) is 106 cm³/mol. The number of urea groups is 1. The minimum atomic E-state index is -0.714. The first-order valence-corrected chi connectivity index (χ1v) is 8.77. The highest BCUT2D eigenvalue weighted by atomic mass is 16.6. The van der Waals surface area contributed by atoms with Crippen LogP contribution in [-0.2, 0) is 7.05 Å². The van der Waals surface area contributed by atoms with Crippen LogP contribution >= 0.6 is 0 Å². The van der Waals surface area contributed by atoms with Crippen LogP contribution in [0.4, 0.5) is 10.5 Å². The molecule has 0 N–H and O–H groups in total. The Bertz CT molecular complexity index is 1090. The lowest BCUT2D eigenvalue weighted by molar-refractivity contribution is -0.671. The Balaban J connectivity index is 0.000000310. The van der Waals surface area contributed by atoms with Crippen LogP contribution < -0.4 is 9.67 Å². The number of aliphatic imine (C=N–C) groups is 1. The van der Waals surface area contributed by atoms with Crippen molar-refractivity contribution < 1.29 is 23.8 Å². The molecule has 1 aliphatic heterocycles. The van der Waals surface area contributed by atoms with Gasteiger partial charge in [-0.05, 0) is 30.2 Å². The summed E-state index contributed by atoms with van der Waals surface area (Å²) in [5.41, 5.74) is 0.653. The van der Waals surface area contributed by atoms with Gasteiger partial charge in [0.2, 0.25) is 0 Å². The number of hydrogen-bond donors (Lipinski definition) is 0. The number of benzene rings is 1. The molecule has 3 heterocycles. The van der Waals surface area contributed by atoms with E-state index in [-0.39, 0.29) is 12.2 Å². The predicted octanol–water partition coefficient (Wildman–Crippen LogP) is 1.89. The van der Waals surface area contributed by atoms with Crippen molar-refractivity contribution in [1.82, 2.24) is 5.01 Å². The van der Waals surface area contributed by atoms with Gasteiger partial charge in [-0.25, -0.2) is 19.4 Å². The van der Waals surface area contributed by atoms with Gasteiger partial charge in [0.05, 0.1) is 17.7 Å². The number of rotatable bonds is 4. The fourth-order valence-electron chi connectivity index (χ4n) is 2.42. The summed E-state index contributed by atoms with van der Waals surface area (Å²) in [5.74, 6) is 0.318. The topological polar surface area (TPSA) is 128 Å². The lowest BCUT2D eigenvalue weighted by atomic mass is 10.1. The van der Waals surface area contributed by atoms with Crippen molar-refractivity contribution in [2.45, 2.75) is 0 Å². The van der Waals surface area contributed by atoms with Gasteiger partial charge in [-0.1, -0.05) is 6.07 Å². The van der Waals surface area contributed by atoms with Gasteiger partial charge in [-0.3, -0.25) is 10.1 Å².